The Morgan fingerprint density at radius 2 is 1.86 bits per heavy atom. The first-order valence-corrected chi connectivity index (χ1v) is 10.5. The smallest absolute Gasteiger partial charge is 0.254 e. The summed E-state index contributed by atoms with van der Waals surface area (Å²) < 4.78 is 7.06. The van der Waals surface area contributed by atoms with E-state index in [1.807, 2.05) is 32.0 Å². The molecular formula is C21H34N4O3. The van der Waals surface area contributed by atoms with Gasteiger partial charge in [0.25, 0.3) is 11.8 Å². The van der Waals surface area contributed by atoms with Crippen molar-refractivity contribution in [1.29, 1.82) is 0 Å². The van der Waals surface area contributed by atoms with Gasteiger partial charge in [0.05, 0.1) is 11.3 Å². The van der Waals surface area contributed by atoms with E-state index in [0.717, 1.165) is 50.9 Å². The third-order valence-electron chi connectivity index (χ3n) is 6.25. The van der Waals surface area contributed by atoms with Crippen molar-refractivity contribution in [3.05, 3.63) is 17.5 Å². The van der Waals surface area contributed by atoms with Crippen LogP contribution in [0.2, 0.25) is 0 Å². The molecule has 2 heterocycles. The summed E-state index contributed by atoms with van der Waals surface area (Å²) >= 11 is 0. The number of amides is 2. The molecule has 1 aliphatic carbocycles. The molecule has 28 heavy (non-hydrogen) atoms. The number of aryl methyl sites for hydroxylation is 1. The van der Waals surface area contributed by atoms with E-state index in [0.29, 0.717) is 17.5 Å². The average molecular weight is 391 g/mol. The fourth-order valence-electron chi connectivity index (χ4n) is 4.29. The number of rotatable bonds is 6. The topological polar surface area (TPSA) is 76.5 Å². The SMILES string of the molecule is COC(C)(C)C(=O)N1CCC(Cc2nn(C)cc2C(=O)NC2CCCC2)CC1. The Bertz CT molecular complexity index is 699. The van der Waals surface area contributed by atoms with Crippen LogP contribution >= 0.6 is 0 Å². The molecule has 1 aliphatic heterocycles. The molecule has 1 N–H and O–H groups in total. The van der Waals surface area contributed by atoms with Gasteiger partial charge in [-0.3, -0.25) is 14.3 Å². The number of hydrogen-bond acceptors (Lipinski definition) is 4. The summed E-state index contributed by atoms with van der Waals surface area (Å²) in [6, 6.07) is 0.305. The number of nitrogens with one attached hydrogen (secondary N) is 1. The van der Waals surface area contributed by atoms with Gasteiger partial charge in [0, 0.05) is 39.5 Å². The minimum Gasteiger partial charge on any atom is -0.369 e. The zero-order valence-electron chi connectivity index (χ0n) is 17.7. The maximum atomic E-state index is 12.7. The van der Waals surface area contributed by atoms with Crippen molar-refractivity contribution in [2.24, 2.45) is 13.0 Å². The molecule has 2 aliphatic rings. The summed E-state index contributed by atoms with van der Waals surface area (Å²) in [7, 11) is 3.44. The number of methoxy groups -OCH3 is 1. The van der Waals surface area contributed by atoms with Crippen molar-refractivity contribution in [3.63, 3.8) is 0 Å². The second-order valence-electron chi connectivity index (χ2n) is 8.77. The van der Waals surface area contributed by atoms with Gasteiger partial charge >= 0.3 is 0 Å². The molecule has 0 aromatic carbocycles. The highest BCUT2D eigenvalue weighted by atomic mass is 16.5. The van der Waals surface area contributed by atoms with Gasteiger partial charge in [0.15, 0.2) is 0 Å². The van der Waals surface area contributed by atoms with Crippen LogP contribution in [0.15, 0.2) is 6.20 Å². The van der Waals surface area contributed by atoms with E-state index in [9.17, 15) is 9.59 Å². The number of piperidine rings is 1. The third-order valence-corrected chi connectivity index (χ3v) is 6.25. The van der Waals surface area contributed by atoms with Crippen LogP contribution in [0.4, 0.5) is 0 Å². The standard InChI is InChI=1S/C21H34N4O3/c1-21(2,28-4)20(27)25-11-9-15(10-12-25)13-18-17(14-24(3)23-18)19(26)22-16-7-5-6-8-16/h14-16H,5-13H2,1-4H3,(H,22,26). The zero-order chi connectivity index (χ0) is 20.3. The molecule has 1 aromatic rings. The minimum atomic E-state index is -0.778. The van der Waals surface area contributed by atoms with Crippen LogP contribution in [0.25, 0.3) is 0 Å². The number of likely N-dealkylation sites (tertiary alicyclic amines) is 1. The van der Waals surface area contributed by atoms with Crippen LogP contribution < -0.4 is 5.32 Å². The summed E-state index contributed by atoms with van der Waals surface area (Å²) in [6.07, 6.45) is 9.00. The lowest BCUT2D eigenvalue weighted by atomic mass is 9.90. The normalized spacial score (nSPS) is 19.2. The number of ether oxygens (including phenoxy) is 1. The van der Waals surface area contributed by atoms with Crippen molar-refractivity contribution in [1.82, 2.24) is 20.0 Å². The number of carbonyl (C=O) groups is 2. The molecule has 3 rings (SSSR count). The van der Waals surface area contributed by atoms with Crippen molar-refractivity contribution in [2.45, 2.75) is 70.4 Å². The lowest BCUT2D eigenvalue weighted by Gasteiger charge is -2.36. The molecular weight excluding hydrogens is 356 g/mol. The lowest BCUT2D eigenvalue weighted by molar-refractivity contribution is -0.152. The van der Waals surface area contributed by atoms with E-state index in [2.05, 4.69) is 10.4 Å². The molecule has 1 saturated heterocycles. The van der Waals surface area contributed by atoms with Crippen LogP contribution in [0, 0.1) is 5.92 Å². The van der Waals surface area contributed by atoms with Crippen LogP contribution in [0.1, 0.15) is 68.4 Å². The Morgan fingerprint density at radius 3 is 2.46 bits per heavy atom. The van der Waals surface area contributed by atoms with Crippen LogP contribution in [0.5, 0.6) is 0 Å². The Balaban J connectivity index is 1.58. The van der Waals surface area contributed by atoms with Gasteiger partial charge in [-0.25, -0.2) is 0 Å². The van der Waals surface area contributed by atoms with E-state index in [4.69, 9.17) is 4.74 Å². The molecule has 0 radical (unpaired) electrons. The van der Waals surface area contributed by atoms with Crippen molar-refractivity contribution >= 4 is 11.8 Å². The second-order valence-corrected chi connectivity index (χ2v) is 8.77. The molecule has 7 nitrogen and oxygen atoms in total. The Labute approximate surface area is 167 Å². The fraction of sp³-hybridized carbons (Fsp3) is 0.762. The van der Waals surface area contributed by atoms with Gasteiger partial charge in [-0.2, -0.15) is 5.10 Å². The lowest BCUT2D eigenvalue weighted by Crippen LogP contribution is -2.49. The highest BCUT2D eigenvalue weighted by molar-refractivity contribution is 5.95. The van der Waals surface area contributed by atoms with E-state index < -0.39 is 5.60 Å². The van der Waals surface area contributed by atoms with Gasteiger partial charge in [-0.1, -0.05) is 12.8 Å². The van der Waals surface area contributed by atoms with Crippen molar-refractivity contribution in [2.75, 3.05) is 20.2 Å². The predicted molar refractivity (Wildman–Crippen MR) is 107 cm³/mol. The Hall–Kier alpha value is -1.89. The molecule has 2 fully saturated rings. The molecule has 0 bridgehead atoms. The molecule has 1 aromatic heterocycles. The first-order valence-electron chi connectivity index (χ1n) is 10.5. The second kappa shape index (κ2) is 8.64. The maximum Gasteiger partial charge on any atom is 0.254 e. The largest absolute Gasteiger partial charge is 0.369 e. The van der Waals surface area contributed by atoms with E-state index in [1.165, 1.54) is 12.8 Å². The quantitative estimate of drug-likeness (QED) is 0.809. The summed E-state index contributed by atoms with van der Waals surface area (Å²) in [6.45, 7) is 5.08. The Kier molecular flexibility index (Phi) is 6.43. The van der Waals surface area contributed by atoms with E-state index in [1.54, 1.807) is 11.8 Å². The van der Waals surface area contributed by atoms with Crippen LogP contribution in [0.3, 0.4) is 0 Å². The summed E-state index contributed by atoms with van der Waals surface area (Å²) in [5.74, 6) is 0.481. The first-order chi connectivity index (χ1) is 13.3. The monoisotopic (exact) mass is 390 g/mol. The molecule has 7 heteroatoms. The first kappa shape index (κ1) is 20.8. The van der Waals surface area contributed by atoms with Gasteiger partial charge < -0.3 is 15.0 Å². The van der Waals surface area contributed by atoms with Crippen molar-refractivity contribution < 1.29 is 14.3 Å². The van der Waals surface area contributed by atoms with E-state index >= 15 is 0 Å². The third kappa shape index (κ3) is 4.74. The molecule has 0 spiro atoms. The number of aromatic nitrogens is 2. The highest BCUT2D eigenvalue weighted by Crippen LogP contribution is 2.25. The number of hydrogen-bond donors (Lipinski definition) is 1. The maximum absolute atomic E-state index is 12.7. The molecule has 0 unspecified atom stereocenters. The number of nitrogens with zero attached hydrogens (tertiary/aromatic N) is 3. The van der Waals surface area contributed by atoms with Gasteiger partial charge in [0.1, 0.15) is 5.60 Å². The minimum absolute atomic E-state index is 0.00413. The molecule has 1 saturated carbocycles. The van der Waals surface area contributed by atoms with Crippen LogP contribution in [-0.2, 0) is 23.0 Å². The Morgan fingerprint density at radius 1 is 1.21 bits per heavy atom. The highest BCUT2D eigenvalue weighted by Gasteiger charge is 2.34. The van der Waals surface area contributed by atoms with E-state index in [-0.39, 0.29) is 11.8 Å². The predicted octanol–water partition coefficient (Wildman–Crippen LogP) is 2.30. The summed E-state index contributed by atoms with van der Waals surface area (Å²) in [5.41, 5.74) is 0.799. The summed E-state index contributed by atoms with van der Waals surface area (Å²) in [4.78, 5) is 27.2. The van der Waals surface area contributed by atoms with Gasteiger partial charge in [-0.05, 0) is 51.9 Å². The summed E-state index contributed by atoms with van der Waals surface area (Å²) in [5, 5.41) is 7.73. The average Bonchev–Trinajstić information content (AvgIpc) is 3.31. The fourth-order valence-corrected chi connectivity index (χ4v) is 4.29. The molecule has 156 valence electrons. The molecule has 2 amide bonds. The van der Waals surface area contributed by atoms with Gasteiger partial charge in [0.2, 0.25) is 0 Å². The molecule has 0 atom stereocenters. The van der Waals surface area contributed by atoms with Crippen molar-refractivity contribution in [3.8, 4) is 0 Å². The zero-order valence-corrected chi connectivity index (χ0v) is 17.7. The number of carbonyl (C=O) groups excluding carboxylic acids is 2. The van der Waals surface area contributed by atoms with Gasteiger partial charge in [-0.15, -0.1) is 0 Å². The van der Waals surface area contributed by atoms with Crippen LogP contribution in [-0.4, -0.2) is 58.3 Å².